The smallest absolute Gasteiger partial charge is 0.310 e. The van der Waals surface area contributed by atoms with Crippen LogP contribution in [0.15, 0.2) is 22.7 Å². The van der Waals surface area contributed by atoms with Gasteiger partial charge in [-0.2, -0.15) is 0 Å². The summed E-state index contributed by atoms with van der Waals surface area (Å²) in [5.41, 5.74) is 1.72. The third kappa shape index (κ3) is 5.31. The molecule has 18 heavy (non-hydrogen) atoms. The van der Waals surface area contributed by atoms with E-state index in [-0.39, 0.29) is 18.8 Å². The van der Waals surface area contributed by atoms with Gasteiger partial charge in [-0.25, -0.2) is 0 Å². The number of carboxylic acids is 1. The van der Waals surface area contributed by atoms with Crippen LogP contribution in [0.1, 0.15) is 24.5 Å². The van der Waals surface area contributed by atoms with Crippen LogP contribution in [0, 0.1) is 0 Å². The topological polar surface area (TPSA) is 63.6 Å². The Hall–Kier alpha value is -1.36. The molecule has 0 saturated heterocycles. The van der Waals surface area contributed by atoms with Gasteiger partial charge in [0, 0.05) is 10.9 Å². The van der Waals surface area contributed by atoms with Gasteiger partial charge in [0.05, 0.1) is 13.0 Å². The second-order valence-electron chi connectivity index (χ2n) is 3.84. The van der Waals surface area contributed by atoms with Gasteiger partial charge in [0.25, 0.3) is 0 Å². The van der Waals surface area contributed by atoms with Gasteiger partial charge in [-0.15, -0.1) is 0 Å². The van der Waals surface area contributed by atoms with E-state index in [4.69, 9.17) is 9.84 Å². The second kappa shape index (κ2) is 7.16. The quantitative estimate of drug-likeness (QED) is 0.820. The van der Waals surface area contributed by atoms with Crippen molar-refractivity contribution in [2.75, 3.05) is 6.61 Å². The molecular weight excluding hydrogens is 300 g/mol. The minimum atomic E-state index is -0.832. The lowest BCUT2D eigenvalue weighted by Gasteiger charge is -2.06. The van der Waals surface area contributed by atoms with Crippen LogP contribution in [-0.2, 0) is 27.2 Å². The number of aliphatic carboxylic acids is 1. The molecule has 1 aromatic rings. The van der Waals surface area contributed by atoms with Gasteiger partial charge in [-0.05, 0) is 36.6 Å². The van der Waals surface area contributed by atoms with Crippen molar-refractivity contribution in [2.45, 2.75) is 26.2 Å². The summed E-state index contributed by atoms with van der Waals surface area (Å²) in [5, 5.41) is 8.64. The molecule has 0 bridgehead atoms. The maximum absolute atomic E-state index is 11.4. The number of carboxylic acid groups (broad SMARTS) is 1. The minimum absolute atomic E-state index is 0.0787. The van der Waals surface area contributed by atoms with Gasteiger partial charge >= 0.3 is 11.9 Å². The number of rotatable bonds is 6. The lowest BCUT2D eigenvalue weighted by molar-refractivity contribution is -0.142. The van der Waals surface area contributed by atoms with Crippen LogP contribution in [0.2, 0.25) is 0 Å². The van der Waals surface area contributed by atoms with Crippen molar-refractivity contribution in [3.05, 3.63) is 33.8 Å². The predicted octanol–water partition coefficient (Wildman–Crippen LogP) is 2.57. The first-order valence-corrected chi connectivity index (χ1v) is 6.46. The molecule has 98 valence electrons. The van der Waals surface area contributed by atoms with Crippen LogP contribution < -0.4 is 0 Å². The number of hydrogen-bond acceptors (Lipinski definition) is 3. The fourth-order valence-electron chi connectivity index (χ4n) is 1.59. The molecule has 0 amide bonds. The van der Waals surface area contributed by atoms with Gasteiger partial charge < -0.3 is 9.84 Å². The number of carbonyl (C=O) groups is 2. The Morgan fingerprint density at radius 3 is 2.56 bits per heavy atom. The van der Waals surface area contributed by atoms with Crippen LogP contribution in [0.3, 0.4) is 0 Å². The molecule has 0 aliphatic carbocycles. The summed E-state index contributed by atoms with van der Waals surface area (Å²) >= 11 is 3.35. The molecule has 1 aromatic carbocycles. The van der Waals surface area contributed by atoms with Crippen LogP contribution >= 0.6 is 15.9 Å². The van der Waals surface area contributed by atoms with Crippen molar-refractivity contribution in [1.29, 1.82) is 0 Å². The maximum atomic E-state index is 11.4. The van der Waals surface area contributed by atoms with E-state index >= 15 is 0 Å². The molecule has 0 aliphatic heterocycles. The molecule has 0 fully saturated rings. The first kappa shape index (κ1) is 14.7. The first-order valence-electron chi connectivity index (χ1n) is 5.67. The van der Waals surface area contributed by atoms with E-state index in [9.17, 15) is 9.59 Å². The summed E-state index contributed by atoms with van der Waals surface area (Å²) in [6, 6.07) is 5.53. The third-order valence-corrected chi connectivity index (χ3v) is 2.76. The normalized spacial score (nSPS) is 10.1. The van der Waals surface area contributed by atoms with E-state index in [1.165, 1.54) is 0 Å². The summed E-state index contributed by atoms with van der Waals surface area (Å²) in [6.45, 7) is 2.12. The van der Waals surface area contributed by atoms with Crippen molar-refractivity contribution in [3.8, 4) is 0 Å². The van der Waals surface area contributed by atoms with Crippen molar-refractivity contribution >= 4 is 27.9 Å². The number of esters is 1. The predicted molar refractivity (Wildman–Crippen MR) is 70.4 cm³/mol. The van der Waals surface area contributed by atoms with Gasteiger partial charge in [-0.1, -0.05) is 22.0 Å². The molecule has 4 nitrogen and oxygen atoms in total. The summed E-state index contributed by atoms with van der Waals surface area (Å²) in [7, 11) is 0. The van der Waals surface area contributed by atoms with Crippen molar-refractivity contribution in [3.63, 3.8) is 0 Å². The molecule has 0 spiro atoms. The van der Waals surface area contributed by atoms with Gasteiger partial charge in [0.1, 0.15) is 0 Å². The van der Waals surface area contributed by atoms with E-state index in [0.29, 0.717) is 13.0 Å². The van der Waals surface area contributed by atoms with E-state index < -0.39 is 5.97 Å². The highest BCUT2D eigenvalue weighted by Crippen LogP contribution is 2.18. The Morgan fingerprint density at radius 2 is 1.94 bits per heavy atom. The van der Waals surface area contributed by atoms with Gasteiger partial charge in [-0.3, -0.25) is 9.59 Å². The number of halogens is 1. The number of carbonyl (C=O) groups excluding carboxylic acids is 1. The zero-order valence-corrected chi connectivity index (χ0v) is 11.7. The van der Waals surface area contributed by atoms with E-state index in [1.807, 2.05) is 18.2 Å². The van der Waals surface area contributed by atoms with Gasteiger partial charge in [0.15, 0.2) is 0 Å². The number of benzene rings is 1. The summed E-state index contributed by atoms with van der Waals surface area (Å²) in [6.07, 6.45) is 0.729. The molecule has 0 heterocycles. The average molecular weight is 315 g/mol. The summed E-state index contributed by atoms with van der Waals surface area (Å²) < 4.78 is 5.71. The zero-order chi connectivity index (χ0) is 13.5. The molecule has 0 aromatic heterocycles. The first-order chi connectivity index (χ1) is 8.51. The number of hydrogen-bond donors (Lipinski definition) is 1. The Balaban J connectivity index is 2.74. The molecule has 0 unspecified atom stereocenters. The molecule has 0 radical (unpaired) electrons. The van der Waals surface area contributed by atoms with Crippen LogP contribution in [0.4, 0.5) is 0 Å². The highest BCUT2D eigenvalue weighted by atomic mass is 79.9. The minimum Gasteiger partial charge on any atom is -0.481 e. The Kier molecular flexibility index (Phi) is 5.85. The molecule has 5 heteroatoms. The zero-order valence-electron chi connectivity index (χ0n) is 10.1. The lowest BCUT2D eigenvalue weighted by atomic mass is 10.0. The highest BCUT2D eigenvalue weighted by molar-refractivity contribution is 9.10. The summed E-state index contributed by atoms with van der Waals surface area (Å²) in [4.78, 5) is 21.9. The fourth-order valence-corrected chi connectivity index (χ4v) is 2.18. The maximum Gasteiger partial charge on any atom is 0.310 e. The monoisotopic (exact) mass is 314 g/mol. The average Bonchev–Trinajstić information content (AvgIpc) is 2.25. The SMILES string of the molecule is CCOC(=O)Cc1cc(Br)cc(CCC(=O)O)c1. The van der Waals surface area contributed by atoms with E-state index in [0.717, 1.165) is 15.6 Å². The molecule has 1 rings (SSSR count). The molecule has 1 N–H and O–H groups in total. The fraction of sp³-hybridized carbons (Fsp3) is 0.385. The molecule has 0 aliphatic rings. The number of ether oxygens (including phenoxy) is 1. The van der Waals surface area contributed by atoms with E-state index in [1.54, 1.807) is 6.92 Å². The van der Waals surface area contributed by atoms with Crippen LogP contribution in [-0.4, -0.2) is 23.7 Å². The molecular formula is C13H15BrO4. The van der Waals surface area contributed by atoms with Crippen molar-refractivity contribution in [2.24, 2.45) is 0 Å². The van der Waals surface area contributed by atoms with Crippen LogP contribution in [0.25, 0.3) is 0 Å². The summed E-state index contributed by atoms with van der Waals surface area (Å²) in [5.74, 6) is -1.11. The van der Waals surface area contributed by atoms with Crippen LogP contribution in [0.5, 0.6) is 0 Å². The Labute approximate surface area is 114 Å². The Morgan fingerprint density at radius 1 is 1.28 bits per heavy atom. The molecule has 0 atom stereocenters. The second-order valence-corrected chi connectivity index (χ2v) is 4.76. The van der Waals surface area contributed by atoms with Gasteiger partial charge in [0.2, 0.25) is 0 Å². The standard InChI is InChI=1S/C13H15BrO4/c1-2-18-13(17)8-10-5-9(3-4-12(15)16)6-11(14)7-10/h5-7H,2-4,8H2,1H3,(H,15,16). The lowest BCUT2D eigenvalue weighted by Crippen LogP contribution is -2.08. The van der Waals surface area contributed by atoms with Crippen molar-refractivity contribution < 1.29 is 19.4 Å². The Bertz CT molecular complexity index is 443. The van der Waals surface area contributed by atoms with E-state index in [2.05, 4.69) is 15.9 Å². The van der Waals surface area contributed by atoms with Crippen molar-refractivity contribution in [1.82, 2.24) is 0 Å². The highest BCUT2D eigenvalue weighted by Gasteiger charge is 2.07. The number of aryl methyl sites for hydroxylation is 1. The third-order valence-electron chi connectivity index (χ3n) is 2.30. The largest absolute Gasteiger partial charge is 0.481 e. The molecule has 0 saturated carbocycles.